The van der Waals surface area contributed by atoms with Crippen molar-refractivity contribution in [3.8, 4) is 22.9 Å². The van der Waals surface area contributed by atoms with Crippen LogP contribution in [0.15, 0.2) is 83.7 Å². The number of rotatable bonds is 11. The van der Waals surface area contributed by atoms with E-state index in [0.717, 1.165) is 17.2 Å². The SMILES string of the molecule is COc1ccc(CCN(C(=O)c2ccc([N+](=O)[O-])cc2Cl)C(C)c2nc3ccccc3c(=O)n2-c2cc(C)ccc2OC)cc1OC. The maximum atomic E-state index is 14.4. The van der Waals surface area contributed by atoms with Crippen molar-refractivity contribution in [1.29, 1.82) is 0 Å². The fourth-order valence-corrected chi connectivity index (χ4v) is 5.74. The van der Waals surface area contributed by atoms with Crippen LogP contribution in [0.1, 0.15) is 40.3 Å². The summed E-state index contributed by atoms with van der Waals surface area (Å²) in [5, 5.41) is 11.7. The first-order valence-electron chi connectivity index (χ1n) is 14.7. The first-order chi connectivity index (χ1) is 22.6. The number of hydrogen-bond donors (Lipinski definition) is 0. The summed E-state index contributed by atoms with van der Waals surface area (Å²) < 4.78 is 18.0. The van der Waals surface area contributed by atoms with Crippen LogP contribution in [0, 0.1) is 17.0 Å². The lowest BCUT2D eigenvalue weighted by atomic mass is 10.1. The third-order valence-corrected chi connectivity index (χ3v) is 8.27. The zero-order valence-electron chi connectivity index (χ0n) is 26.5. The number of para-hydroxylation sites is 1. The molecule has 1 atom stereocenters. The van der Waals surface area contributed by atoms with Gasteiger partial charge in [-0.25, -0.2) is 4.98 Å². The summed E-state index contributed by atoms with van der Waals surface area (Å²) in [6, 6.07) is 20.9. The van der Waals surface area contributed by atoms with Gasteiger partial charge in [0.25, 0.3) is 17.2 Å². The first kappa shape index (κ1) is 33.0. The van der Waals surface area contributed by atoms with Crippen molar-refractivity contribution in [2.45, 2.75) is 26.3 Å². The van der Waals surface area contributed by atoms with Gasteiger partial charge in [0.2, 0.25) is 0 Å². The van der Waals surface area contributed by atoms with Crippen molar-refractivity contribution in [3.63, 3.8) is 0 Å². The molecule has 0 fully saturated rings. The molecule has 0 saturated carbocycles. The van der Waals surface area contributed by atoms with Crippen LogP contribution in [0.3, 0.4) is 0 Å². The number of carbonyl (C=O) groups is 1. The smallest absolute Gasteiger partial charge is 0.270 e. The molecule has 47 heavy (non-hydrogen) atoms. The molecule has 1 heterocycles. The van der Waals surface area contributed by atoms with E-state index < -0.39 is 16.9 Å². The monoisotopic (exact) mass is 656 g/mol. The Hall–Kier alpha value is -5.42. The van der Waals surface area contributed by atoms with Crippen LogP contribution in [0.5, 0.6) is 17.2 Å². The molecular weight excluding hydrogens is 624 g/mol. The van der Waals surface area contributed by atoms with Crippen LogP contribution in [0.2, 0.25) is 5.02 Å². The summed E-state index contributed by atoms with van der Waals surface area (Å²) in [5.74, 6) is 1.33. The number of aromatic nitrogens is 2. The molecule has 12 heteroatoms. The number of fused-ring (bicyclic) bond motifs is 1. The van der Waals surface area contributed by atoms with Gasteiger partial charge < -0.3 is 19.1 Å². The lowest BCUT2D eigenvalue weighted by Crippen LogP contribution is -2.39. The third-order valence-electron chi connectivity index (χ3n) is 7.96. The quantitative estimate of drug-likeness (QED) is 0.113. The predicted molar refractivity (Wildman–Crippen MR) is 179 cm³/mol. The zero-order valence-corrected chi connectivity index (χ0v) is 27.3. The minimum Gasteiger partial charge on any atom is -0.495 e. The van der Waals surface area contributed by atoms with Crippen LogP contribution in [-0.4, -0.2) is 53.2 Å². The molecular formula is C35H33ClN4O7. The first-order valence-corrected chi connectivity index (χ1v) is 15.1. The van der Waals surface area contributed by atoms with Gasteiger partial charge in [-0.1, -0.05) is 35.9 Å². The lowest BCUT2D eigenvalue weighted by molar-refractivity contribution is -0.384. The Morgan fingerprint density at radius 1 is 0.957 bits per heavy atom. The summed E-state index contributed by atoms with van der Waals surface area (Å²) in [7, 11) is 4.61. The number of amides is 1. The van der Waals surface area contributed by atoms with E-state index in [-0.39, 0.29) is 34.2 Å². The Morgan fingerprint density at radius 2 is 1.66 bits per heavy atom. The van der Waals surface area contributed by atoms with Gasteiger partial charge in [-0.05, 0) is 73.9 Å². The highest BCUT2D eigenvalue weighted by atomic mass is 35.5. The fraction of sp³-hybridized carbons (Fsp3) is 0.229. The van der Waals surface area contributed by atoms with Crippen molar-refractivity contribution in [2.75, 3.05) is 27.9 Å². The van der Waals surface area contributed by atoms with Crippen LogP contribution in [-0.2, 0) is 6.42 Å². The molecule has 0 bridgehead atoms. The average Bonchev–Trinajstić information content (AvgIpc) is 3.07. The van der Waals surface area contributed by atoms with E-state index in [2.05, 4.69) is 0 Å². The topological polar surface area (TPSA) is 126 Å². The van der Waals surface area contributed by atoms with Gasteiger partial charge in [-0.2, -0.15) is 0 Å². The van der Waals surface area contributed by atoms with Crippen molar-refractivity contribution in [3.05, 3.63) is 127 Å². The molecule has 0 spiro atoms. The van der Waals surface area contributed by atoms with Crippen LogP contribution in [0.4, 0.5) is 5.69 Å². The van der Waals surface area contributed by atoms with Gasteiger partial charge in [0.1, 0.15) is 11.6 Å². The van der Waals surface area contributed by atoms with Crippen LogP contribution < -0.4 is 19.8 Å². The van der Waals surface area contributed by atoms with Gasteiger partial charge in [-0.15, -0.1) is 0 Å². The van der Waals surface area contributed by atoms with Gasteiger partial charge in [0.05, 0.1) is 59.5 Å². The maximum Gasteiger partial charge on any atom is 0.270 e. The number of nitro groups is 1. The van der Waals surface area contributed by atoms with E-state index in [1.165, 1.54) is 23.8 Å². The minimum atomic E-state index is -0.795. The van der Waals surface area contributed by atoms with Gasteiger partial charge in [0, 0.05) is 18.7 Å². The molecule has 0 radical (unpaired) electrons. The van der Waals surface area contributed by atoms with Crippen LogP contribution >= 0.6 is 11.6 Å². The van der Waals surface area contributed by atoms with E-state index >= 15 is 0 Å². The number of carbonyl (C=O) groups excluding carboxylic acids is 1. The largest absolute Gasteiger partial charge is 0.495 e. The number of methoxy groups -OCH3 is 3. The molecule has 1 aromatic heterocycles. The van der Waals surface area contributed by atoms with Crippen LogP contribution in [0.25, 0.3) is 16.6 Å². The second-order valence-electron chi connectivity index (χ2n) is 10.8. The summed E-state index contributed by atoms with van der Waals surface area (Å²) in [5.41, 5.74) is 2.17. The summed E-state index contributed by atoms with van der Waals surface area (Å²) >= 11 is 6.47. The number of ether oxygens (including phenoxy) is 3. The molecule has 5 aromatic rings. The summed E-state index contributed by atoms with van der Waals surface area (Å²) in [6.07, 6.45) is 0.382. The maximum absolute atomic E-state index is 14.4. The number of aryl methyl sites for hydroxylation is 1. The Bertz CT molecular complexity index is 2050. The fourth-order valence-electron chi connectivity index (χ4n) is 5.48. The highest BCUT2D eigenvalue weighted by Crippen LogP contribution is 2.32. The van der Waals surface area contributed by atoms with Gasteiger partial charge in [-0.3, -0.25) is 24.3 Å². The van der Waals surface area contributed by atoms with Crippen molar-refractivity contribution < 1.29 is 23.9 Å². The second kappa shape index (κ2) is 13.9. The second-order valence-corrected chi connectivity index (χ2v) is 11.2. The number of nitrogens with zero attached hydrogens (tertiary/aromatic N) is 4. The van der Waals surface area contributed by atoms with E-state index in [1.54, 1.807) is 62.4 Å². The number of benzene rings is 4. The zero-order chi connectivity index (χ0) is 33.8. The third kappa shape index (κ3) is 6.61. The normalized spacial score (nSPS) is 11.6. The molecule has 0 aliphatic rings. The van der Waals surface area contributed by atoms with Crippen molar-refractivity contribution >= 4 is 34.1 Å². The Balaban J connectivity index is 1.69. The molecule has 0 aliphatic carbocycles. The highest BCUT2D eigenvalue weighted by Gasteiger charge is 2.30. The Morgan fingerprint density at radius 3 is 2.34 bits per heavy atom. The molecule has 11 nitrogen and oxygen atoms in total. The predicted octanol–water partition coefficient (Wildman–Crippen LogP) is 6.73. The van der Waals surface area contributed by atoms with E-state index in [1.807, 2.05) is 31.2 Å². The molecule has 0 aliphatic heterocycles. The molecule has 0 saturated heterocycles. The summed E-state index contributed by atoms with van der Waals surface area (Å²) in [4.78, 5) is 45.9. The molecule has 1 unspecified atom stereocenters. The number of halogens is 1. The Kier molecular flexibility index (Phi) is 9.76. The molecule has 1 amide bonds. The number of hydrogen-bond acceptors (Lipinski definition) is 8. The van der Waals surface area contributed by atoms with E-state index in [4.69, 9.17) is 30.8 Å². The molecule has 0 N–H and O–H groups in total. The van der Waals surface area contributed by atoms with Crippen molar-refractivity contribution in [2.24, 2.45) is 0 Å². The number of non-ortho nitro benzene ring substituents is 1. The molecule has 4 aromatic carbocycles. The van der Waals surface area contributed by atoms with E-state index in [0.29, 0.717) is 40.3 Å². The molecule has 242 valence electrons. The van der Waals surface area contributed by atoms with Gasteiger partial charge in [0.15, 0.2) is 11.5 Å². The minimum absolute atomic E-state index is 0.0688. The van der Waals surface area contributed by atoms with Gasteiger partial charge >= 0.3 is 0 Å². The van der Waals surface area contributed by atoms with E-state index in [9.17, 15) is 19.7 Å². The lowest BCUT2D eigenvalue weighted by Gasteiger charge is -2.31. The Labute approximate surface area is 276 Å². The van der Waals surface area contributed by atoms with Crippen molar-refractivity contribution in [1.82, 2.24) is 14.5 Å². The highest BCUT2D eigenvalue weighted by molar-refractivity contribution is 6.34. The molecule has 5 rings (SSSR count). The summed E-state index contributed by atoms with van der Waals surface area (Å²) in [6.45, 7) is 3.85. The number of nitro benzene ring substituents is 1. The standard InChI is InChI=1S/C35H33ClN4O7/c1-21-10-14-30(45-3)29(18-21)39-33(37-28-9-7-6-8-26(28)35(39)42)22(2)38(17-16-23-11-15-31(46-4)32(19-23)47-5)34(41)25-13-12-24(40(43)44)20-27(25)36/h6-15,18-20,22H,16-17H2,1-5H3. The average molecular weight is 657 g/mol.